The Morgan fingerprint density at radius 1 is 1.21 bits per heavy atom. The third kappa shape index (κ3) is 3.93. The molecule has 0 aromatic heterocycles. The van der Waals surface area contributed by atoms with E-state index in [-0.39, 0.29) is 17.9 Å². The summed E-state index contributed by atoms with van der Waals surface area (Å²) in [6.07, 6.45) is 0.591. The SMILES string of the molecule is CC(CN(C)C)Oc1ccc(N2N=C3c4ccccc4SCC3CC2=O)cc1. The summed E-state index contributed by atoms with van der Waals surface area (Å²) in [4.78, 5) is 16.1. The van der Waals surface area contributed by atoms with Gasteiger partial charge in [-0.2, -0.15) is 5.10 Å². The van der Waals surface area contributed by atoms with Crippen molar-refractivity contribution in [2.45, 2.75) is 24.3 Å². The van der Waals surface area contributed by atoms with Gasteiger partial charge in [0, 0.05) is 35.1 Å². The van der Waals surface area contributed by atoms with Crippen LogP contribution in [0.4, 0.5) is 5.69 Å². The summed E-state index contributed by atoms with van der Waals surface area (Å²) in [5.41, 5.74) is 2.95. The molecule has 0 radical (unpaired) electrons. The number of thioether (sulfide) groups is 1. The molecule has 2 atom stereocenters. The Morgan fingerprint density at radius 2 is 1.96 bits per heavy atom. The minimum Gasteiger partial charge on any atom is -0.489 e. The number of carbonyl (C=O) groups excluding carboxylic acids is 1. The summed E-state index contributed by atoms with van der Waals surface area (Å²) in [6.45, 7) is 2.89. The number of likely N-dealkylation sites (N-methyl/N-ethyl adjacent to an activating group) is 1. The first kappa shape index (κ1) is 19.0. The molecule has 1 amide bonds. The van der Waals surface area contributed by atoms with Crippen LogP contribution < -0.4 is 9.75 Å². The molecule has 2 unspecified atom stereocenters. The van der Waals surface area contributed by atoms with Crippen LogP contribution in [0.3, 0.4) is 0 Å². The van der Waals surface area contributed by atoms with Gasteiger partial charge in [-0.15, -0.1) is 11.8 Å². The maximum atomic E-state index is 12.7. The number of carbonyl (C=O) groups is 1. The highest BCUT2D eigenvalue weighted by Gasteiger charge is 2.34. The standard InChI is InChI=1S/C22H25N3O2S/c1-15(13-24(2)3)27-18-10-8-17(9-11-18)25-21(26)12-16-14-28-20-7-5-4-6-19(20)22(16)23-25/h4-11,15-16H,12-14H2,1-3H3. The minimum atomic E-state index is 0.0448. The van der Waals surface area contributed by atoms with Gasteiger partial charge in [0.1, 0.15) is 11.9 Å². The van der Waals surface area contributed by atoms with E-state index in [1.807, 2.05) is 63.1 Å². The molecule has 2 aliphatic heterocycles. The number of amides is 1. The summed E-state index contributed by atoms with van der Waals surface area (Å²) >= 11 is 1.81. The van der Waals surface area contributed by atoms with Crippen molar-refractivity contribution in [3.05, 3.63) is 54.1 Å². The van der Waals surface area contributed by atoms with Crippen LogP contribution in [0.5, 0.6) is 5.75 Å². The first-order valence-electron chi connectivity index (χ1n) is 9.56. The van der Waals surface area contributed by atoms with E-state index in [4.69, 9.17) is 9.84 Å². The highest BCUT2D eigenvalue weighted by molar-refractivity contribution is 7.99. The summed E-state index contributed by atoms with van der Waals surface area (Å²) in [5, 5.41) is 6.31. The fraction of sp³-hybridized carbons (Fsp3) is 0.364. The fourth-order valence-corrected chi connectivity index (χ4v) is 4.86. The molecule has 2 aromatic carbocycles. The van der Waals surface area contributed by atoms with E-state index in [9.17, 15) is 4.79 Å². The van der Waals surface area contributed by atoms with Gasteiger partial charge in [0.25, 0.3) is 0 Å². The normalized spacial score (nSPS) is 19.7. The van der Waals surface area contributed by atoms with Crippen molar-refractivity contribution < 1.29 is 9.53 Å². The second kappa shape index (κ2) is 7.97. The van der Waals surface area contributed by atoms with Gasteiger partial charge < -0.3 is 9.64 Å². The molecular formula is C22H25N3O2S. The summed E-state index contributed by atoms with van der Waals surface area (Å²) in [7, 11) is 4.05. The molecule has 0 fully saturated rings. The molecule has 0 aliphatic carbocycles. The number of hydrazone groups is 1. The molecule has 5 nitrogen and oxygen atoms in total. The Labute approximate surface area is 170 Å². The first-order valence-corrected chi connectivity index (χ1v) is 10.5. The number of rotatable bonds is 5. The average Bonchev–Trinajstić information content (AvgIpc) is 2.67. The number of hydrogen-bond acceptors (Lipinski definition) is 5. The predicted molar refractivity (Wildman–Crippen MR) is 114 cm³/mol. The van der Waals surface area contributed by atoms with Crippen molar-refractivity contribution in [2.24, 2.45) is 11.0 Å². The number of fused-ring (bicyclic) bond motifs is 3. The smallest absolute Gasteiger partial charge is 0.248 e. The number of nitrogens with zero attached hydrogens (tertiary/aromatic N) is 3. The van der Waals surface area contributed by atoms with E-state index in [1.54, 1.807) is 5.01 Å². The molecule has 28 heavy (non-hydrogen) atoms. The molecule has 0 saturated carbocycles. The van der Waals surface area contributed by atoms with Crippen molar-refractivity contribution in [1.29, 1.82) is 0 Å². The Kier molecular flexibility index (Phi) is 5.42. The Morgan fingerprint density at radius 3 is 2.71 bits per heavy atom. The van der Waals surface area contributed by atoms with Crippen molar-refractivity contribution in [2.75, 3.05) is 31.4 Å². The van der Waals surface area contributed by atoms with Crippen LogP contribution in [0.25, 0.3) is 0 Å². The lowest BCUT2D eigenvalue weighted by Crippen LogP contribution is -2.39. The number of ether oxygens (including phenoxy) is 1. The van der Waals surface area contributed by atoms with Crippen LogP contribution in [0.15, 0.2) is 58.5 Å². The predicted octanol–water partition coefficient (Wildman–Crippen LogP) is 3.88. The lowest BCUT2D eigenvalue weighted by atomic mass is 9.93. The zero-order valence-electron chi connectivity index (χ0n) is 16.5. The van der Waals surface area contributed by atoms with Crippen LogP contribution in [-0.2, 0) is 4.79 Å². The molecule has 0 bridgehead atoms. The maximum Gasteiger partial charge on any atom is 0.248 e. The average molecular weight is 396 g/mol. The number of benzene rings is 2. The lowest BCUT2D eigenvalue weighted by Gasteiger charge is -2.33. The maximum absolute atomic E-state index is 12.7. The van der Waals surface area contributed by atoms with E-state index in [0.717, 1.165) is 35.0 Å². The van der Waals surface area contributed by atoms with Gasteiger partial charge in [-0.05, 0) is 51.4 Å². The monoisotopic (exact) mass is 395 g/mol. The Balaban J connectivity index is 1.57. The molecular weight excluding hydrogens is 370 g/mol. The van der Waals surface area contributed by atoms with Gasteiger partial charge in [-0.25, -0.2) is 5.01 Å². The Bertz CT molecular complexity index is 895. The fourth-order valence-electron chi connectivity index (χ4n) is 3.70. The molecule has 0 N–H and O–H groups in total. The van der Waals surface area contributed by atoms with Gasteiger partial charge in [0.15, 0.2) is 0 Å². The second-order valence-electron chi connectivity index (χ2n) is 7.58. The minimum absolute atomic E-state index is 0.0448. The first-order chi connectivity index (χ1) is 13.5. The molecule has 6 heteroatoms. The molecule has 2 aliphatic rings. The van der Waals surface area contributed by atoms with Crippen LogP contribution in [0, 0.1) is 5.92 Å². The zero-order valence-corrected chi connectivity index (χ0v) is 17.3. The molecule has 2 heterocycles. The van der Waals surface area contributed by atoms with Crippen molar-refractivity contribution in [3.63, 3.8) is 0 Å². The van der Waals surface area contributed by atoms with E-state index >= 15 is 0 Å². The number of hydrogen-bond donors (Lipinski definition) is 0. The van der Waals surface area contributed by atoms with Crippen molar-refractivity contribution >= 4 is 29.1 Å². The number of anilines is 1. The molecule has 0 spiro atoms. The van der Waals surface area contributed by atoms with E-state index in [1.165, 1.54) is 4.90 Å². The molecule has 2 aromatic rings. The van der Waals surface area contributed by atoms with Crippen LogP contribution >= 0.6 is 11.8 Å². The summed E-state index contributed by atoms with van der Waals surface area (Å²) in [6, 6.07) is 15.9. The molecule has 4 rings (SSSR count). The van der Waals surface area contributed by atoms with Gasteiger partial charge in [0.05, 0.1) is 11.4 Å². The largest absolute Gasteiger partial charge is 0.489 e. The van der Waals surface area contributed by atoms with Crippen molar-refractivity contribution in [3.8, 4) is 5.75 Å². The zero-order chi connectivity index (χ0) is 19.7. The van der Waals surface area contributed by atoms with E-state index < -0.39 is 0 Å². The van der Waals surface area contributed by atoms with Crippen LogP contribution in [0.2, 0.25) is 0 Å². The summed E-state index contributed by atoms with van der Waals surface area (Å²) in [5.74, 6) is 1.94. The summed E-state index contributed by atoms with van der Waals surface area (Å²) < 4.78 is 5.94. The van der Waals surface area contributed by atoms with E-state index in [2.05, 4.69) is 23.1 Å². The van der Waals surface area contributed by atoms with Gasteiger partial charge in [-0.3, -0.25) is 4.79 Å². The van der Waals surface area contributed by atoms with Crippen molar-refractivity contribution in [1.82, 2.24) is 4.90 Å². The highest BCUT2D eigenvalue weighted by atomic mass is 32.2. The van der Waals surface area contributed by atoms with Gasteiger partial charge in [0.2, 0.25) is 5.91 Å². The van der Waals surface area contributed by atoms with Gasteiger partial charge in [-0.1, -0.05) is 18.2 Å². The van der Waals surface area contributed by atoms with Crippen LogP contribution in [0.1, 0.15) is 18.9 Å². The van der Waals surface area contributed by atoms with Crippen LogP contribution in [-0.4, -0.2) is 49.0 Å². The molecule has 146 valence electrons. The lowest BCUT2D eigenvalue weighted by molar-refractivity contribution is -0.119. The third-order valence-electron chi connectivity index (χ3n) is 4.90. The third-order valence-corrected chi connectivity index (χ3v) is 6.13. The molecule has 0 saturated heterocycles. The topological polar surface area (TPSA) is 45.1 Å². The van der Waals surface area contributed by atoms with Gasteiger partial charge >= 0.3 is 0 Å². The Hall–Kier alpha value is -2.31. The second-order valence-corrected chi connectivity index (χ2v) is 8.65. The quantitative estimate of drug-likeness (QED) is 0.771. The van der Waals surface area contributed by atoms with E-state index in [0.29, 0.717) is 6.42 Å². The highest BCUT2D eigenvalue weighted by Crippen LogP contribution is 2.37.